The maximum Gasteiger partial charge on any atom is 0.204 e. The SMILES string of the molecule is NC=O.O=S1(=O)CCCC1. The van der Waals surface area contributed by atoms with E-state index in [1.165, 1.54) is 0 Å². The van der Waals surface area contributed by atoms with E-state index in [2.05, 4.69) is 5.73 Å². The lowest BCUT2D eigenvalue weighted by Gasteiger charge is -1.81. The highest BCUT2D eigenvalue weighted by molar-refractivity contribution is 7.91. The summed E-state index contributed by atoms with van der Waals surface area (Å²) in [5.41, 5.74) is 4.17. The van der Waals surface area contributed by atoms with Crippen LogP contribution in [0.3, 0.4) is 0 Å². The maximum atomic E-state index is 10.4. The highest BCUT2D eigenvalue weighted by Crippen LogP contribution is 2.08. The minimum absolute atomic E-state index is 0.250. The first-order chi connectivity index (χ1) is 4.62. The summed E-state index contributed by atoms with van der Waals surface area (Å²) in [6.45, 7) is 0. The van der Waals surface area contributed by atoms with Crippen LogP contribution in [-0.4, -0.2) is 26.3 Å². The van der Waals surface area contributed by atoms with Gasteiger partial charge >= 0.3 is 0 Å². The van der Waals surface area contributed by atoms with Crippen LogP contribution in [0.25, 0.3) is 0 Å². The molecule has 1 heterocycles. The second-order valence-electron chi connectivity index (χ2n) is 2.00. The summed E-state index contributed by atoms with van der Waals surface area (Å²) in [5.74, 6) is 0.847. The Morgan fingerprint density at radius 3 is 1.60 bits per heavy atom. The molecule has 0 bridgehead atoms. The molecule has 2 N–H and O–H groups in total. The predicted octanol–water partition coefficient (Wildman–Crippen LogP) is -0.704. The third-order valence-corrected chi connectivity index (χ3v) is 2.98. The van der Waals surface area contributed by atoms with E-state index in [1.807, 2.05) is 0 Å². The van der Waals surface area contributed by atoms with Gasteiger partial charge in [0.2, 0.25) is 6.41 Å². The van der Waals surface area contributed by atoms with Gasteiger partial charge in [-0.1, -0.05) is 0 Å². The Bertz CT molecular complexity index is 173. The van der Waals surface area contributed by atoms with Crippen molar-refractivity contribution in [2.45, 2.75) is 12.8 Å². The van der Waals surface area contributed by atoms with E-state index >= 15 is 0 Å². The zero-order chi connectivity index (χ0) is 8.04. The fourth-order valence-electron chi connectivity index (χ4n) is 0.746. The summed E-state index contributed by atoms with van der Waals surface area (Å²) >= 11 is 0. The fourth-order valence-corrected chi connectivity index (χ4v) is 2.24. The first kappa shape index (κ1) is 9.42. The molecule has 4 nitrogen and oxygen atoms in total. The van der Waals surface area contributed by atoms with Gasteiger partial charge in [-0.3, -0.25) is 4.79 Å². The summed E-state index contributed by atoms with van der Waals surface area (Å²) in [4.78, 5) is 8.58. The van der Waals surface area contributed by atoms with E-state index in [0.29, 0.717) is 11.5 Å². The van der Waals surface area contributed by atoms with Crippen LogP contribution >= 0.6 is 0 Å². The molecule has 1 fully saturated rings. The molecule has 0 aromatic heterocycles. The number of hydrogen-bond donors (Lipinski definition) is 1. The van der Waals surface area contributed by atoms with E-state index in [1.54, 1.807) is 0 Å². The molecule has 0 atom stereocenters. The number of carbonyl (C=O) groups excluding carboxylic acids is 1. The molecule has 10 heavy (non-hydrogen) atoms. The number of sulfone groups is 1. The van der Waals surface area contributed by atoms with Gasteiger partial charge in [0, 0.05) is 0 Å². The molecule has 1 amide bonds. The summed E-state index contributed by atoms with van der Waals surface area (Å²) in [7, 11) is -2.55. The van der Waals surface area contributed by atoms with Crippen molar-refractivity contribution >= 4 is 16.2 Å². The molecule has 1 aliphatic rings. The molecule has 0 unspecified atom stereocenters. The van der Waals surface area contributed by atoms with Gasteiger partial charge in [-0.05, 0) is 12.8 Å². The molecule has 1 saturated heterocycles. The smallest absolute Gasteiger partial charge is 0.204 e. The number of primary amides is 1. The van der Waals surface area contributed by atoms with Crippen molar-refractivity contribution < 1.29 is 13.2 Å². The topological polar surface area (TPSA) is 77.2 Å². The molecular weight excluding hydrogens is 154 g/mol. The van der Waals surface area contributed by atoms with Crippen molar-refractivity contribution in [1.82, 2.24) is 0 Å². The van der Waals surface area contributed by atoms with E-state index < -0.39 is 9.84 Å². The highest BCUT2D eigenvalue weighted by atomic mass is 32.2. The molecule has 0 spiro atoms. The van der Waals surface area contributed by atoms with E-state index in [-0.39, 0.29) is 6.41 Å². The van der Waals surface area contributed by atoms with Gasteiger partial charge in [-0.2, -0.15) is 0 Å². The largest absolute Gasteiger partial charge is 0.372 e. The minimum atomic E-state index is -2.55. The number of carbonyl (C=O) groups is 1. The number of amides is 1. The third-order valence-electron chi connectivity index (χ3n) is 1.16. The molecule has 0 saturated carbocycles. The average molecular weight is 165 g/mol. The standard InChI is InChI=1S/C4H8O2S.CH3NO/c5-7(6)3-1-2-4-7;2-1-3/h1-4H2;1H,(H2,2,3). The summed E-state index contributed by atoms with van der Waals surface area (Å²) in [6, 6.07) is 0. The zero-order valence-electron chi connectivity index (χ0n) is 5.62. The lowest BCUT2D eigenvalue weighted by atomic mass is 10.4. The second-order valence-corrected chi connectivity index (χ2v) is 4.30. The van der Waals surface area contributed by atoms with E-state index in [0.717, 1.165) is 12.8 Å². The van der Waals surface area contributed by atoms with Gasteiger partial charge in [0.05, 0.1) is 11.5 Å². The first-order valence-corrected chi connectivity index (χ1v) is 4.80. The molecule has 0 aliphatic carbocycles. The van der Waals surface area contributed by atoms with Crippen LogP contribution in [0, 0.1) is 0 Å². The average Bonchev–Trinajstić information content (AvgIpc) is 2.16. The Kier molecular flexibility index (Phi) is 4.02. The summed E-state index contributed by atoms with van der Waals surface area (Å²) in [6.07, 6.45) is 2.00. The van der Waals surface area contributed by atoms with Gasteiger partial charge in [-0.25, -0.2) is 8.42 Å². The van der Waals surface area contributed by atoms with Crippen molar-refractivity contribution in [2.24, 2.45) is 5.73 Å². The molecule has 1 aliphatic heterocycles. The molecule has 1 rings (SSSR count). The Morgan fingerprint density at radius 2 is 1.50 bits per heavy atom. The number of hydrogen-bond acceptors (Lipinski definition) is 3. The molecule has 5 heteroatoms. The Balaban J connectivity index is 0.000000236. The van der Waals surface area contributed by atoms with Crippen LogP contribution in [0.1, 0.15) is 12.8 Å². The number of rotatable bonds is 0. The van der Waals surface area contributed by atoms with Crippen LogP contribution in [0.2, 0.25) is 0 Å². The van der Waals surface area contributed by atoms with Gasteiger partial charge in [0.25, 0.3) is 0 Å². The summed E-state index contributed by atoms with van der Waals surface area (Å²) in [5, 5.41) is 0. The van der Waals surface area contributed by atoms with Crippen molar-refractivity contribution in [2.75, 3.05) is 11.5 Å². The third kappa shape index (κ3) is 4.31. The highest BCUT2D eigenvalue weighted by Gasteiger charge is 2.16. The predicted molar refractivity (Wildman–Crippen MR) is 38.1 cm³/mol. The van der Waals surface area contributed by atoms with E-state index in [9.17, 15) is 8.42 Å². The first-order valence-electron chi connectivity index (χ1n) is 2.98. The monoisotopic (exact) mass is 165 g/mol. The molecule has 0 aromatic rings. The molecule has 0 radical (unpaired) electrons. The number of nitrogens with two attached hydrogens (primary N) is 1. The van der Waals surface area contributed by atoms with Gasteiger partial charge in [0.15, 0.2) is 0 Å². The molecule has 60 valence electrons. The molecular formula is C5H11NO3S. The van der Waals surface area contributed by atoms with Crippen LogP contribution in [0.4, 0.5) is 0 Å². The Labute approximate surface area is 60.3 Å². The zero-order valence-corrected chi connectivity index (χ0v) is 6.43. The van der Waals surface area contributed by atoms with Gasteiger partial charge < -0.3 is 5.73 Å². The van der Waals surface area contributed by atoms with Crippen LogP contribution in [0.15, 0.2) is 0 Å². The quantitative estimate of drug-likeness (QED) is 0.482. The van der Waals surface area contributed by atoms with Gasteiger partial charge in [0.1, 0.15) is 9.84 Å². The van der Waals surface area contributed by atoms with Crippen molar-refractivity contribution in [3.8, 4) is 0 Å². The van der Waals surface area contributed by atoms with Crippen molar-refractivity contribution in [3.05, 3.63) is 0 Å². The maximum absolute atomic E-state index is 10.4. The summed E-state index contributed by atoms with van der Waals surface area (Å²) < 4.78 is 20.9. The lowest BCUT2D eigenvalue weighted by Crippen LogP contribution is -1.98. The minimum Gasteiger partial charge on any atom is -0.372 e. The van der Waals surface area contributed by atoms with Crippen LogP contribution in [-0.2, 0) is 14.6 Å². The Hall–Kier alpha value is -0.580. The fraction of sp³-hybridized carbons (Fsp3) is 0.800. The Morgan fingerprint density at radius 1 is 1.20 bits per heavy atom. The van der Waals surface area contributed by atoms with Crippen LogP contribution < -0.4 is 5.73 Å². The van der Waals surface area contributed by atoms with Crippen molar-refractivity contribution in [1.29, 1.82) is 0 Å². The van der Waals surface area contributed by atoms with Crippen LogP contribution in [0.5, 0.6) is 0 Å². The van der Waals surface area contributed by atoms with E-state index in [4.69, 9.17) is 4.79 Å². The lowest BCUT2D eigenvalue weighted by molar-refractivity contribution is -0.106. The van der Waals surface area contributed by atoms with Gasteiger partial charge in [-0.15, -0.1) is 0 Å². The normalized spacial score (nSPS) is 20.8. The van der Waals surface area contributed by atoms with Crippen molar-refractivity contribution in [3.63, 3.8) is 0 Å². The second kappa shape index (κ2) is 4.27. The molecule has 0 aromatic carbocycles.